The fourth-order valence-electron chi connectivity index (χ4n) is 2.25. The summed E-state index contributed by atoms with van der Waals surface area (Å²) in [7, 11) is 2.00. The second-order valence-corrected chi connectivity index (χ2v) is 4.87. The lowest BCUT2D eigenvalue weighted by Crippen LogP contribution is -2.37. The van der Waals surface area contributed by atoms with Gasteiger partial charge in [-0.2, -0.15) is 0 Å². The van der Waals surface area contributed by atoms with Crippen molar-refractivity contribution in [1.82, 2.24) is 10.2 Å². The van der Waals surface area contributed by atoms with E-state index in [9.17, 15) is 0 Å². The summed E-state index contributed by atoms with van der Waals surface area (Å²) in [6.45, 7) is 6.15. The summed E-state index contributed by atoms with van der Waals surface area (Å²) in [6.07, 6.45) is 2.26. The van der Waals surface area contributed by atoms with Gasteiger partial charge in [0.05, 0.1) is 13.2 Å². The van der Waals surface area contributed by atoms with Crippen LogP contribution in [0, 0.1) is 0 Å². The third-order valence-corrected chi connectivity index (χ3v) is 3.51. The van der Waals surface area contributed by atoms with Crippen LogP contribution in [0.15, 0.2) is 24.3 Å². The fourth-order valence-corrected chi connectivity index (χ4v) is 2.25. The van der Waals surface area contributed by atoms with Crippen LogP contribution in [0.5, 0.6) is 0 Å². The van der Waals surface area contributed by atoms with E-state index in [0.717, 1.165) is 52.2 Å². The Bertz CT molecular complexity index is 331. The second kappa shape index (κ2) is 7.52. The molecule has 18 heavy (non-hydrogen) atoms. The Kier molecular flexibility index (Phi) is 5.65. The van der Waals surface area contributed by atoms with E-state index in [0.29, 0.717) is 0 Å². The Morgan fingerprint density at radius 3 is 2.28 bits per heavy atom. The summed E-state index contributed by atoms with van der Waals surface area (Å²) in [5, 5.41) is 3.18. The number of nitrogens with one attached hydrogen (secondary N) is 1. The maximum absolute atomic E-state index is 5.36. The largest absolute Gasteiger partial charge is 0.379 e. The van der Waals surface area contributed by atoms with E-state index >= 15 is 0 Å². The Labute approximate surface area is 110 Å². The highest BCUT2D eigenvalue weighted by Crippen LogP contribution is 2.07. The summed E-state index contributed by atoms with van der Waals surface area (Å²) >= 11 is 0. The lowest BCUT2D eigenvalue weighted by atomic mass is 10.1. The molecule has 0 saturated carbocycles. The van der Waals surface area contributed by atoms with Crippen molar-refractivity contribution >= 4 is 0 Å². The molecule has 0 atom stereocenters. The second-order valence-electron chi connectivity index (χ2n) is 4.87. The maximum atomic E-state index is 5.36. The number of nitrogens with zero attached hydrogens (tertiary/aromatic N) is 1. The molecule has 0 amide bonds. The standard InChI is InChI=1S/C15H24N2O/c1-16-8-6-14-2-4-15(5-3-14)7-9-17-10-12-18-13-11-17/h2-5,16H,6-13H2,1H3. The van der Waals surface area contributed by atoms with Crippen molar-refractivity contribution in [2.45, 2.75) is 12.8 Å². The van der Waals surface area contributed by atoms with Crippen LogP contribution in [0.3, 0.4) is 0 Å². The molecule has 1 aromatic rings. The minimum atomic E-state index is 0.892. The molecule has 1 aromatic carbocycles. The van der Waals surface area contributed by atoms with Crippen LogP contribution in [-0.2, 0) is 17.6 Å². The van der Waals surface area contributed by atoms with Crippen molar-refractivity contribution in [2.75, 3.05) is 46.4 Å². The molecule has 1 fully saturated rings. The molecular formula is C15H24N2O. The van der Waals surface area contributed by atoms with Gasteiger partial charge < -0.3 is 10.1 Å². The molecule has 0 aliphatic carbocycles. The van der Waals surface area contributed by atoms with Crippen LogP contribution >= 0.6 is 0 Å². The van der Waals surface area contributed by atoms with Crippen molar-refractivity contribution in [2.24, 2.45) is 0 Å². The molecule has 0 spiro atoms. The first-order chi connectivity index (χ1) is 8.88. The molecular weight excluding hydrogens is 224 g/mol. The molecule has 1 aliphatic rings. The number of rotatable bonds is 6. The van der Waals surface area contributed by atoms with E-state index in [4.69, 9.17) is 4.74 Å². The average molecular weight is 248 g/mol. The van der Waals surface area contributed by atoms with Gasteiger partial charge in [0.15, 0.2) is 0 Å². The average Bonchev–Trinajstić information content (AvgIpc) is 2.45. The van der Waals surface area contributed by atoms with Crippen molar-refractivity contribution in [3.8, 4) is 0 Å². The zero-order chi connectivity index (χ0) is 12.6. The first-order valence-corrected chi connectivity index (χ1v) is 6.91. The number of ether oxygens (including phenoxy) is 1. The molecule has 1 heterocycles. The van der Waals surface area contributed by atoms with E-state index in [1.807, 2.05) is 7.05 Å². The predicted octanol–water partition coefficient (Wildman–Crippen LogP) is 1.32. The summed E-state index contributed by atoms with van der Waals surface area (Å²) < 4.78 is 5.36. The van der Waals surface area contributed by atoms with Gasteiger partial charge in [-0.25, -0.2) is 0 Å². The van der Waals surface area contributed by atoms with Gasteiger partial charge in [0.25, 0.3) is 0 Å². The van der Waals surface area contributed by atoms with E-state index in [1.54, 1.807) is 0 Å². The third-order valence-electron chi connectivity index (χ3n) is 3.51. The molecule has 3 heteroatoms. The lowest BCUT2D eigenvalue weighted by Gasteiger charge is -2.26. The highest BCUT2D eigenvalue weighted by molar-refractivity contribution is 5.23. The highest BCUT2D eigenvalue weighted by Gasteiger charge is 2.09. The molecule has 1 aliphatic heterocycles. The maximum Gasteiger partial charge on any atom is 0.0594 e. The predicted molar refractivity (Wildman–Crippen MR) is 75.0 cm³/mol. The third kappa shape index (κ3) is 4.41. The van der Waals surface area contributed by atoms with Gasteiger partial charge in [0.2, 0.25) is 0 Å². The number of hydrogen-bond acceptors (Lipinski definition) is 3. The number of hydrogen-bond donors (Lipinski definition) is 1. The van der Waals surface area contributed by atoms with Crippen LogP contribution in [0.25, 0.3) is 0 Å². The summed E-state index contributed by atoms with van der Waals surface area (Å²) in [5.41, 5.74) is 2.86. The van der Waals surface area contributed by atoms with Gasteiger partial charge in [-0.05, 0) is 37.6 Å². The highest BCUT2D eigenvalue weighted by atomic mass is 16.5. The summed E-state index contributed by atoms with van der Waals surface area (Å²) in [4.78, 5) is 2.48. The van der Waals surface area contributed by atoms with Crippen molar-refractivity contribution in [3.63, 3.8) is 0 Å². The van der Waals surface area contributed by atoms with E-state index in [2.05, 4.69) is 34.5 Å². The fraction of sp³-hybridized carbons (Fsp3) is 0.600. The molecule has 100 valence electrons. The monoisotopic (exact) mass is 248 g/mol. The molecule has 0 unspecified atom stereocenters. The number of morpholine rings is 1. The minimum absolute atomic E-state index is 0.892. The Hall–Kier alpha value is -0.900. The molecule has 1 N–H and O–H groups in total. The zero-order valence-corrected chi connectivity index (χ0v) is 11.3. The minimum Gasteiger partial charge on any atom is -0.379 e. The van der Waals surface area contributed by atoms with Gasteiger partial charge >= 0.3 is 0 Å². The lowest BCUT2D eigenvalue weighted by molar-refractivity contribution is 0.0384. The van der Waals surface area contributed by atoms with Gasteiger partial charge in [-0.3, -0.25) is 4.90 Å². The van der Waals surface area contributed by atoms with Crippen LogP contribution in [0.4, 0.5) is 0 Å². The van der Waals surface area contributed by atoms with E-state index < -0.39 is 0 Å². The summed E-state index contributed by atoms with van der Waals surface area (Å²) in [5.74, 6) is 0. The van der Waals surface area contributed by atoms with E-state index in [-0.39, 0.29) is 0 Å². The van der Waals surface area contributed by atoms with Gasteiger partial charge in [0.1, 0.15) is 0 Å². The van der Waals surface area contributed by atoms with Crippen LogP contribution in [-0.4, -0.2) is 51.3 Å². The topological polar surface area (TPSA) is 24.5 Å². The molecule has 2 rings (SSSR count). The van der Waals surface area contributed by atoms with Crippen molar-refractivity contribution in [3.05, 3.63) is 35.4 Å². The molecule has 0 aromatic heterocycles. The molecule has 0 radical (unpaired) electrons. The normalized spacial score (nSPS) is 16.9. The Balaban J connectivity index is 1.75. The van der Waals surface area contributed by atoms with Crippen LogP contribution < -0.4 is 5.32 Å². The first kappa shape index (κ1) is 13.5. The Morgan fingerprint density at radius 1 is 1.06 bits per heavy atom. The number of benzene rings is 1. The van der Waals surface area contributed by atoms with Gasteiger partial charge in [-0.1, -0.05) is 24.3 Å². The van der Waals surface area contributed by atoms with Crippen LogP contribution in [0.1, 0.15) is 11.1 Å². The van der Waals surface area contributed by atoms with Gasteiger partial charge in [0, 0.05) is 19.6 Å². The number of likely N-dealkylation sites (N-methyl/N-ethyl adjacent to an activating group) is 1. The SMILES string of the molecule is CNCCc1ccc(CCN2CCOCC2)cc1. The molecule has 3 nitrogen and oxygen atoms in total. The van der Waals surface area contributed by atoms with Crippen molar-refractivity contribution in [1.29, 1.82) is 0 Å². The van der Waals surface area contributed by atoms with Gasteiger partial charge in [-0.15, -0.1) is 0 Å². The molecule has 0 bridgehead atoms. The summed E-state index contributed by atoms with van der Waals surface area (Å²) in [6, 6.07) is 9.05. The Morgan fingerprint density at radius 2 is 1.67 bits per heavy atom. The zero-order valence-electron chi connectivity index (χ0n) is 11.3. The van der Waals surface area contributed by atoms with E-state index in [1.165, 1.54) is 11.1 Å². The van der Waals surface area contributed by atoms with Crippen molar-refractivity contribution < 1.29 is 4.74 Å². The first-order valence-electron chi connectivity index (χ1n) is 6.91. The smallest absolute Gasteiger partial charge is 0.0594 e. The van der Waals surface area contributed by atoms with Crippen LogP contribution in [0.2, 0.25) is 0 Å². The quantitative estimate of drug-likeness (QED) is 0.822. The molecule has 1 saturated heterocycles.